The number of nitrogens with one attached hydrogen (secondary N) is 7. The average Bonchev–Trinajstić information content (AvgIpc) is 1.78. The van der Waals surface area contributed by atoms with Crippen LogP contribution in [-0.2, 0) is 67.2 Å². The number of aliphatic imine (C=N–C) groups is 3. The van der Waals surface area contributed by atoms with Crippen molar-refractivity contribution in [2.45, 2.75) is 169 Å². The number of aliphatic carboxylic acids is 1. The SMILES string of the molecule is NC(N)=NCCC[C@@H](N)C(=O)N[C@@H](CCCN=C(N)N)C(=O)N1CCC[C@H]1C(=O)N1C[C@H](O)C[C@H]1C(=O)NCC(=O)N[C@@H](Cc1cccs1)C(=O)NC1(C(=O)N[C@H](Cc2ccccc2)C(=O)N[C@@H](Cc2cccs2)C(=O)N[C@@H](CCCN=C(N)N)C(=O)O)CCCCC1. The minimum absolute atomic E-state index is 0.0211. The summed E-state index contributed by atoms with van der Waals surface area (Å²) in [5.74, 6) is -8.22. The third-order valence-corrected chi connectivity index (χ3v) is 18.0. The summed E-state index contributed by atoms with van der Waals surface area (Å²) in [6, 6.07) is 5.98. The van der Waals surface area contributed by atoms with Gasteiger partial charge in [-0.1, -0.05) is 61.7 Å². The van der Waals surface area contributed by atoms with E-state index >= 15 is 4.79 Å². The van der Waals surface area contributed by atoms with E-state index < -0.39 is 126 Å². The molecule has 31 nitrogen and oxygen atoms in total. The zero-order valence-corrected chi connectivity index (χ0v) is 53.5. The second-order valence-corrected chi connectivity index (χ2v) is 25.4. The maximum Gasteiger partial charge on any atom is 0.326 e. The van der Waals surface area contributed by atoms with Crippen LogP contribution in [0.5, 0.6) is 0 Å². The van der Waals surface area contributed by atoms with Crippen molar-refractivity contribution in [3.05, 3.63) is 80.7 Å². The lowest BCUT2D eigenvalue weighted by atomic mass is 9.80. The molecule has 1 saturated carbocycles. The lowest BCUT2D eigenvalue weighted by molar-refractivity contribution is -0.148. The molecule has 93 heavy (non-hydrogen) atoms. The zero-order chi connectivity index (χ0) is 67.6. The summed E-state index contributed by atoms with van der Waals surface area (Å²) < 4.78 is 0. The molecule has 0 spiro atoms. The fourth-order valence-electron chi connectivity index (χ4n) is 11.4. The van der Waals surface area contributed by atoms with E-state index in [9.17, 15) is 53.4 Å². The summed E-state index contributed by atoms with van der Waals surface area (Å²) in [5, 5.41) is 43.7. The number of carboxylic acid groups (broad SMARTS) is 1. The number of rotatable bonds is 35. The highest BCUT2D eigenvalue weighted by Crippen LogP contribution is 2.30. The number of benzene rings is 1. The Hall–Kier alpha value is -8.95. The predicted molar refractivity (Wildman–Crippen MR) is 349 cm³/mol. The highest BCUT2D eigenvalue weighted by atomic mass is 32.1. The van der Waals surface area contributed by atoms with E-state index in [1.807, 2.05) is 0 Å². The number of nitrogens with two attached hydrogens (primary N) is 7. The van der Waals surface area contributed by atoms with Gasteiger partial charge in [0.25, 0.3) is 0 Å². The Morgan fingerprint density at radius 1 is 0.591 bits per heavy atom. The number of carbonyl (C=O) groups is 10. The quantitative estimate of drug-likeness (QED) is 0.0156. The highest BCUT2D eigenvalue weighted by molar-refractivity contribution is 7.10. The molecule has 3 fully saturated rings. The number of nitrogens with zero attached hydrogens (tertiary/aromatic N) is 5. The maximum atomic E-state index is 15.0. The van der Waals surface area contributed by atoms with Gasteiger partial charge in [-0.2, -0.15) is 0 Å². The molecule has 508 valence electrons. The number of aliphatic hydroxyl groups is 1. The van der Waals surface area contributed by atoms with Crippen molar-refractivity contribution in [1.29, 1.82) is 0 Å². The number of hydrogen-bond donors (Lipinski definition) is 16. The molecular weight excluding hydrogens is 1240 g/mol. The predicted octanol–water partition coefficient (Wildman–Crippen LogP) is -3.28. The number of aliphatic hydroxyl groups excluding tert-OH is 1. The summed E-state index contributed by atoms with van der Waals surface area (Å²) >= 11 is 2.63. The van der Waals surface area contributed by atoms with Crippen molar-refractivity contribution in [3.8, 4) is 0 Å². The fraction of sp³-hybridized carbons (Fsp3) is 0.550. The highest BCUT2D eigenvalue weighted by Gasteiger charge is 2.47. The van der Waals surface area contributed by atoms with Gasteiger partial charge < -0.3 is 97.4 Å². The molecule has 6 rings (SSSR count). The lowest BCUT2D eigenvalue weighted by Gasteiger charge is -2.38. The van der Waals surface area contributed by atoms with E-state index in [2.05, 4.69) is 52.2 Å². The van der Waals surface area contributed by atoms with Gasteiger partial charge in [0, 0.05) is 68.2 Å². The topological polar surface area (TPSA) is 521 Å². The number of guanidine groups is 3. The number of hydrogen-bond acceptors (Lipinski definition) is 17. The Labute approximate surface area is 546 Å². The minimum Gasteiger partial charge on any atom is -0.480 e. The summed E-state index contributed by atoms with van der Waals surface area (Å²) in [6.45, 7) is -0.344. The van der Waals surface area contributed by atoms with Crippen molar-refractivity contribution in [2.24, 2.45) is 55.1 Å². The van der Waals surface area contributed by atoms with Gasteiger partial charge in [0.2, 0.25) is 53.2 Å². The van der Waals surface area contributed by atoms with Crippen LogP contribution < -0.4 is 77.4 Å². The van der Waals surface area contributed by atoms with E-state index in [0.29, 0.717) is 41.0 Å². The molecule has 33 heteroatoms. The number of carbonyl (C=O) groups excluding carboxylic acids is 9. The van der Waals surface area contributed by atoms with Gasteiger partial charge in [0.15, 0.2) is 17.9 Å². The molecule has 3 aromatic rings. The first-order valence-corrected chi connectivity index (χ1v) is 32.8. The van der Waals surface area contributed by atoms with Crippen LogP contribution in [-0.4, -0.2) is 196 Å². The van der Waals surface area contributed by atoms with Crippen molar-refractivity contribution in [2.75, 3.05) is 39.3 Å². The van der Waals surface area contributed by atoms with E-state index in [0.717, 1.165) is 6.42 Å². The Kier molecular flexibility index (Phi) is 28.6. The molecule has 1 aliphatic carbocycles. The van der Waals surface area contributed by atoms with Crippen LogP contribution >= 0.6 is 22.7 Å². The summed E-state index contributed by atoms with van der Waals surface area (Å²) in [7, 11) is 0. The molecule has 9 atom stereocenters. The smallest absolute Gasteiger partial charge is 0.326 e. The molecule has 2 saturated heterocycles. The molecule has 2 aromatic heterocycles. The summed E-state index contributed by atoms with van der Waals surface area (Å²) in [4.78, 5) is 157. The Balaban J connectivity index is 1.14. The van der Waals surface area contributed by atoms with E-state index in [-0.39, 0.29) is 128 Å². The number of thiophene rings is 2. The lowest BCUT2D eigenvalue weighted by Crippen LogP contribution is -2.66. The van der Waals surface area contributed by atoms with Crippen molar-refractivity contribution in [3.63, 3.8) is 0 Å². The molecule has 0 bridgehead atoms. The zero-order valence-electron chi connectivity index (χ0n) is 51.9. The van der Waals surface area contributed by atoms with Crippen molar-refractivity contribution < 1.29 is 58.2 Å². The summed E-state index contributed by atoms with van der Waals surface area (Å²) in [5.41, 5.74) is 37.9. The molecule has 3 aliphatic rings. The molecule has 2 aliphatic heterocycles. The van der Waals surface area contributed by atoms with E-state index in [1.165, 1.54) is 32.5 Å². The van der Waals surface area contributed by atoms with Gasteiger partial charge in [0.05, 0.1) is 18.7 Å². The van der Waals surface area contributed by atoms with E-state index in [1.54, 1.807) is 65.4 Å². The first-order chi connectivity index (χ1) is 44.4. The number of carboxylic acids is 1. The van der Waals surface area contributed by atoms with Gasteiger partial charge in [-0.25, -0.2) is 4.79 Å². The van der Waals surface area contributed by atoms with Crippen LogP contribution in [0.1, 0.15) is 105 Å². The monoisotopic (exact) mass is 1330 g/mol. The van der Waals surface area contributed by atoms with Crippen LogP contribution in [0.4, 0.5) is 0 Å². The van der Waals surface area contributed by atoms with Gasteiger partial charge in [-0.05, 0) is 92.7 Å². The second kappa shape index (κ2) is 36.3. The van der Waals surface area contributed by atoms with Crippen LogP contribution in [0.25, 0.3) is 0 Å². The molecule has 0 unspecified atom stereocenters. The van der Waals surface area contributed by atoms with Crippen LogP contribution in [0.15, 0.2) is 80.3 Å². The Morgan fingerprint density at radius 2 is 1.13 bits per heavy atom. The molecule has 0 radical (unpaired) electrons. The third kappa shape index (κ3) is 23.0. The van der Waals surface area contributed by atoms with Crippen LogP contribution in [0, 0.1) is 0 Å². The van der Waals surface area contributed by atoms with Gasteiger partial charge in [0.1, 0.15) is 47.8 Å². The maximum absolute atomic E-state index is 15.0. The van der Waals surface area contributed by atoms with Crippen molar-refractivity contribution >= 4 is 99.7 Å². The molecule has 4 heterocycles. The Bertz CT molecular complexity index is 3100. The first kappa shape index (κ1) is 73.1. The first-order valence-electron chi connectivity index (χ1n) is 31.1. The Morgan fingerprint density at radius 3 is 1.69 bits per heavy atom. The molecule has 1 aromatic carbocycles. The molecule has 9 amide bonds. The van der Waals surface area contributed by atoms with Gasteiger partial charge in [-0.15, -0.1) is 22.7 Å². The second-order valence-electron chi connectivity index (χ2n) is 23.3. The minimum atomic E-state index is -1.61. The summed E-state index contributed by atoms with van der Waals surface area (Å²) in [6.07, 6.45) is 2.25. The average molecular weight is 1330 g/mol. The normalized spacial score (nSPS) is 18.5. The standard InChI is InChI=1S/C60H89N19O12S2/c61-39(17-7-23-68-57(62)63)48(82)73-40(18-8-24-69-58(64)65)53(87)78-26-10-20-45(78)54(88)79-34-36(80)30-46(79)52(86)71-33-47(81)72-44(32-38-16-12-28-93-38)51(85)77-60(21-5-2-6-22-60)56(91)76-42(29-35-13-3-1-4-14-35)49(83)75-43(31-37-15-11-27-92-37)50(84)74-41(55(89)90)19-9-25-70-59(66)67/h1,3-4,11-16,27-28,36,39-46,80H,2,5-10,17-26,29-34,61H2,(H,71,86)(H,72,81)(H,73,82)(H,74,84)(H,75,83)(H,76,91)(H,77,85)(H,89,90)(H4,62,63,68)(H4,64,65,69)(H4,66,67,70)/t36-,39-,40+,41+,42-,43+,44+,45+,46+/m1/s1. The fourth-order valence-corrected chi connectivity index (χ4v) is 12.9. The number of β-amino-alcohol motifs (C(OH)–C–C–N with tert-alkyl or cyclic N) is 1. The largest absolute Gasteiger partial charge is 0.480 e. The molecular formula is C60H89N19O12S2. The van der Waals surface area contributed by atoms with Gasteiger partial charge >= 0.3 is 5.97 Å². The van der Waals surface area contributed by atoms with Crippen LogP contribution in [0.3, 0.4) is 0 Å². The number of amides is 9. The van der Waals surface area contributed by atoms with Gasteiger partial charge in [-0.3, -0.25) is 58.1 Å². The van der Waals surface area contributed by atoms with E-state index in [4.69, 9.17) is 40.1 Å². The molecule has 23 N–H and O–H groups in total. The van der Waals surface area contributed by atoms with Crippen molar-refractivity contribution in [1.82, 2.24) is 47.0 Å². The van der Waals surface area contributed by atoms with Crippen LogP contribution in [0.2, 0.25) is 0 Å². The number of likely N-dealkylation sites (tertiary alicyclic amines) is 2. The third-order valence-electron chi connectivity index (χ3n) is 16.2.